The molecular weight excluding hydrogens is 793 g/mol. The second kappa shape index (κ2) is 43.6. The summed E-state index contributed by atoms with van der Waals surface area (Å²) < 4.78 is 11.5. The lowest BCUT2D eigenvalue weighted by Gasteiger charge is -2.34. The molecule has 12 heteroatoms. The van der Waals surface area contributed by atoms with Crippen LogP contribution in [0.15, 0.2) is 0 Å². The summed E-state index contributed by atoms with van der Waals surface area (Å²) in [5.74, 6) is -0.137. The minimum absolute atomic E-state index is 0.0240. The molecule has 0 heterocycles. The van der Waals surface area contributed by atoms with Gasteiger partial charge in [0.05, 0.1) is 26.4 Å². The maximum Gasteiger partial charge on any atom is 0.243 e. The van der Waals surface area contributed by atoms with E-state index in [1.165, 1.54) is 77.0 Å². The zero-order chi connectivity index (χ0) is 46.8. The van der Waals surface area contributed by atoms with Crippen molar-refractivity contribution < 1.29 is 28.7 Å². The summed E-state index contributed by atoms with van der Waals surface area (Å²) in [5.41, 5.74) is 0. The molecule has 0 bridgehead atoms. The highest BCUT2D eigenvalue weighted by atomic mass is 16.5. The van der Waals surface area contributed by atoms with Gasteiger partial charge in [-0.05, 0) is 70.7 Å². The van der Waals surface area contributed by atoms with Crippen LogP contribution in [0.2, 0.25) is 0 Å². The number of hydrogen-bond acceptors (Lipinski definition) is 8. The van der Waals surface area contributed by atoms with Crippen LogP contribution in [-0.2, 0) is 28.7 Å². The van der Waals surface area contributed by atoms with Crippen molar-refractivity contribution in [3.8, 4) is 0 Å². The van der Waals surface area contributed by atoms with Crippen LogP contribution in [0.5, 0.6) is 0 Å². The van der Waals surface area contributed by atoms with E-state index < -0.39 is 12.1 Å². The Morgan fingerprint density at radius 3 is 1.37 bits per heavy atom. The minimum Gasteiger partial charge on any atom is -0.377 e. The van der Waals surface area contributed by atoms with Crippen molar-refractivity contribution in [2.24, 2.45) is 5.92 Å². The predicted octanol–water partition coefficient (Wildman–Crippen LogP) is 9.29. The molecule has 0 aliphatic heterocycles. The second-order valence-corrected chi connectivity index (χ2v) is 17.8. The maximum absolute atomic E-state index is 13.7. The van der Waals surface area contributed by atoms with Gasteiger partial charge in [0.1, 0.15) is 12.1 Å². The first-order valence-electron chi connectivity index (χ1n) is 26.4. The van der Waals surface area contributed by atoms with E-state index in [4.69, 9.17) is 9.47 Å². The number of nitrogens with zero attached hydrogens (tertiary/aromatic N) is 3. The summed E-state index contributed by atoms with van der Waals surface area (Å²) >= 11 is 0. The molecule has 2 unspecified atom stereocenters. The normalized spacial score (nSPS) is 12.5. The van der Waals surface area contributed by atoms with E-state index in [9.17, 15) is 19.2 Å². The number of ether oxygens (including phenoxy) is 2. The summed E-state index contributed by atoms with van der Waals surface area (Å²) in [6.45, 7) is 24.6. The van der Waals surface area contributed by atoms with Crippen molar-refractivity contribution in [2.75, 3.05) is 85.3 Å². The number of amides is 4. The number of rotatable bonds is 46. The summed E-state index contributed by atoms with van der Waals surface area (Å²) in [6.07, 6.45) is 24.8. The molecule has 0 saturated heterocycles. The van der Waals surface area contributed by atoms with Gasteiger partial charge < -0.3 is 40.1 Å². The molecule has 63 heavy (non-hydrogen) atoms. The maximum atomic E-state index is 13.7. The third-order valence-electron chi connectivity index (χ3n) is 12.2. The van der Waals surface area contributed by atoms with Gasteiger partial charge in [0.15, 0.2) is 0 Å². The first-order valence-corrected chi connectivity index (χ1v) is 26.4. The van der Waals surface area contributed by atoms with Crippen LogP contribution in [0.25, 0.3) is 0 Å². The van der Waals surface area contributed by atoms with Crippen LogP contribution in [0.3, 0.4) is 0 Å². The molecule has 4 amide bonds. The van der Waals surface area contributed by atoms with E-state index in [1.54, 1.807) is 4.90 Å². The first kappa shape index (κ1) is 60.7. The molecule has 12 nitrogen and oxygen atoms in total. The molecule has 372 valence electrons. The van der Waals surface area contributed by atoms with E-state index >= 15 is 0 Å². The largest absolute Gasteiger partial charge is 0.377 e. The molecule has 0 spiro atoms. The Morgan fingerprint density at radius 2 is 0.921 bits per heavy atom. The first-order chi connectivity index (χ1) is 30.6. The quantitative estimate of drug-likeness (QED) is 0.0516. The van der Waals surface area contributed by atoms with Gasteiger partial charge in [-0.15, -0.1) is 0 Å². The summed E-state index contributed by atoms with van der Waals surface area (Å²) in [4.78, 5) is 60.0. The van der Waals surface area contributed by atoms with E-state index in [-0.39, 0.29) is 29.5 Å². The van der Waals surface area contributed by atoms with Crippen LogP contribution >= 0.6 is 0 Å². The fourth-order valence-electron chi connectivity index (χ4n) is 8.28. The SMILES string of the molecule is CCCCCCCCCCCC(=O)N(CCCNCC)C(CC)C(=O)NCCOCCOCCNC(=O)C(C(C)C)N(CCCN(CC)CC)C(=O)CCCCCCCCCCC. The molecule has 3 N–H and O–H groups in total. The molecule has 0 saturated carbocycles. The smallest absolute Gasteiger partial charge is 0.243 e. The molecule has 0 aliphatic carbocycles. The number of unbranched alkanes of at least 4 members (excludes halogenated alkanes) is 16. The average molecular weight is 895 g/mol. The Morgan fingerprint density at radius 1 is 0.476 bits per heavy atom. The highest BCUT2D eigenvalue weighted by Crippen LogP contribution is 2.18. The molecule has 0 fully saturated rings. The lowest BCUT2D eigenvalue weighted by molar-refractivity contribution is -0.142. The Kier molecular flexibility index (Phi) is 42.0. The lowest BCUT2D eigenvalue weighted by atomic mass is 9.99. The molecule has 0 aliphatic rings. The predicted molar refractivity (Wildman–Crippen MR) is 263 cm³/mol. The monoisotopic (exact) mass is 895 g/mol. The van der Waals surface area contributed by atoms with Gasteiger partial charge in [-0.3, -0.25) is 19.2 Å². The molecule has 0 radical (unpaired) electrons. The topological polar surface area (TPSA) is 133 Å². The molecular formula is C51H102N6O6. The van der Waals surface area contributed by atoms with Gasteiger partial charge in [0.2, 0.25) is 23.6 Å². The second-order valence-electron chi connectivity index (χ2n) is 17.8. The van der Waals surface area contributed by atoms with Crippen molar-refractivity contribution >= 4 is 23.6 Å². The van der Waals surface area contributed by atoms with Crippen molar-refractivity contribution in [1.82, 2.24) is 30.7 Å². The Bertz CT molecular complexity index is 1090. The van der Waals surface area contributed by atoms with Crippen molar-refractivity contribution in [1.29, 1.82) is 0 Å². The van der Waals surface area contributed by atoms with Crippen LogP contribution in [-0.4, -0.2) is 136 Å². The summed E-state index contributed by atoms with van der Waals surface area (Å²) in [7, 11) is 0. The number of nitrogens with one attached hydrogen (secondary N) is 3. The van der Waals surface area contributed by atoms with E-state index in [2.05, 4.69) is 55.5 Å². The van der Waals surface area contributed by atoms with Gasteiger partial charge in [-0.2, -0.15) is 0 Å². The van der Waals surface area contributed by atoms with Gasteiger partial charge in [-0.1, -0.05) is 158 Å². The zero-order valence-electron chi connectivity index (χ0n) is 42.5. The lowest BCUT2D eigenvalue weighted by Crippen LogP contribution is -2.53. The summed E-state index contributed by atoms with van der Waals surface area (Å²) in [5, 5.41) is 9.37. The highest BCUT2D eigenvalue weighted by molar-refractivity contribution is 5.88. The van der Waals surface area contributed by atoms with Crippen LogP contribution < -0.4 is 16.0 Å². The van der Waals surface area contributed by atoms with Crippen LogP contribution in [0, 0.1) is 5.92 Å². The van der Waals surface area contributed by atoms with Gasteiger partial charge in [0.25, 0.3) is 0 Å². The molecule has 2 atom stereocenters. The number of carbonyl (C=O) groups excluding carboxylic acids is 4. The fourth-order valence-corrected chi connectivity index (χ4v) is 8.28. The van der Waals surface area contributed by atoms with Crippen LogP contribution in [0.4, 0.5) is 0 Å². The Balaban J connectivity index is 4.82. The number of hydrogen-bond donors (Lipinski definition) is 3. The van der Waals surface area contributed by atoms with Crippen LogP contribution in [0.1, 0.15) is 203 Å². The van der Waals surface area contributed by atoms with Gasteiger partial charge in [0, 0.05) is 39.0 Å². The van der Waals surface area contributed by atoms with E-state index in [0.29, 0.717) is 71.9 Å². The number of carbonyl (C=O) groups is 4. The average Bonchev–Trinajstić information content (AvgIpc) is 3.27. The highest BCUT2D eigenvalue weighted by Gasteiger charge is 2.32. The Hall–Kier alpha value is -2.28. The minimum atomic E-state index is -0.526. The third-order valence-corrected chi connectivity index (χ3v) is 12.2. The molecule has 0 aromatic heterocycles. The van der Waals surface area contributed by atoms with E-state index in [1.807, 2.05) is 25.7 Å². The third kappa shape index (κ3) is 32.1. The van der Waals surface area contributed by atoms with Gasteiger partial charge >= 0.3 is 0 Å². The van der Waals surface area contributed by atoms with Crippen molar-refractivity contribution in [3.05, 3.63) is 0 Å². The standard InChI is InChI=1S/C51H102N6O6/c1-9-15-17-19-21-23-25-27-29-33-47(58)56(39-31-35-52-12-4)46(11-3)50(60)53-36-41-62-43-44-63-42-37-54-51(61)49(45(7)8)57(40-32-38-55(13-5)14-6)48(59)34-30-28-26-24-22-20-18-16-10-2/h45-46,49,52H,9-44H2,1-8H3,(H,53,60)(H,54,61). The Labute approximate surface area is 388 Å². The molecule has 0 rings (SSSR count). The van der Waals surface area contributed by atoms with Crippen molar-refractivity contribution in [2.45, 2.75) is 215 Å². The van der Waals surface area contributed by atoms with Crippen molar-refractivity contribution in [3.63, 3.8) is 0 Å². The zero-order valence-corrected chi connectivity index (χ0v) is 42.5. The molecule has 0 aromatic rings. The van der Waals surface area contributed by atoms with E-state index in [0.717, 1.165) is 84.1 Å². The summed E-state index contributed by atoms with van der Waals surface area (Å²) in [6, 6.07) is -1.02. The van der Waals surface area contributed by atoms with Gasteiger partial charge in [-0.25, -0.2) is 0 Å². The fraction of sp³-hybridized carbons (Fsp3) is 0.922. The molecule has 0 aromatic carbocycles.